The number of halogens is 1. The minimum Gasteiger partial charge on any atom is -0.465 e. The summed E-state index contributed by atoms with van der Waals surface area (Å²) >= 11 is 7.11. The summed E-state index contributed by atoms with van der Waals surface area (Å²) in [6.45, 7) is 2.11. The van der Waals surface area contributed by atoms with Gasteiger partial charge in [-0.1, -0.05) is 11.6 Å². The second kappa shape index (κ2) is 7.12. The largest absolute Gasteiger partial charge is 0.465 e. The Hall–Kier alpha value is -1.29. The van der Waals surface area contributed by atoms with E-state index in [1.165, 1.54) is 17.8 Å². The van der Waals surface area contributed by atoms with Gasteiger partial charge in [-0.15, -0.1) is 11.8 Å². The third-order valence-corrected chi connectivity index (χ3v) is 3.03. The first-order valence-corrected chi connectivity index (χ1v) is 6.19. The molecule has 1 aromatic carbocycles. The quantitative estimate of drug-likeness (QED) is 0.358. The molecule has 0 aromatic heterocycles. The summed E-state index contributed by atoms with van der Waals surface area (Å²) < 4.78 is 4.79. The number of benzene rings is 1. The van der Waals surface area contributed by atoms with Crippen molar-refractivity contribution in [3.8, 4) is 0 Å². The lowest BCUT2D eigenvalue weighted by atomic mass is 10.3. The van der Waals surface area contributed by atoms with Crippen molar-refractivity contribution < 1.29 is 14.3 Å². The maximum absolute atomic E-state index is 11.1. The molecule has 1 aromatic rings. The first-order valence-electron chi connectivity index (χ1n) is 4.83. The van der Waals surface area contributed by atoms with Gasteiger partial charge in [-0.2, -0.15) is 4.99 Å². The van der Waals surface area contributed by atoms with Gasteiger partial charge in [-0.25, -0.2) is 4.79 Å². The summed E-state index contributed by atoms with van der Waals surface area (Å²) in [6, 6.07) is 4.98. The molecule has 0 saturated heterocycles. The third kappa shape index (κ3) is 4.61. The number of hydrogen-bond acceptors (Lipinski definition) is 5. The molecule has 0 aliphatic rings. The van der Waals surface area contributed by atoms with E-state index in [0.717, 1.165) is 4.90 Å². The molecule has 0 saturated carbocycles. The number of carbonyl (C=O) groups excluding carboxylic acids is 2. The van der Waals surface area contributed by atoms with Crippen LogP contribution in [0, 0.1) is 0 Å². The van der Waals surface area contributed by atoms with E-state index < -0.39 is 0 Å². The second-order valence-corrected chi connectivity index (χ2v) is 4.37. The SMILES string of the molecule is CCOC(=O)CSc1ccc(Cl)c(N=C=O)c1. The van der Waals surface area contributed by atoms with E-state index in [0.29, 0.717) is 17.3 Å². The third-order valence-electron chi connectivity index (χ3n) is 1.75. The molecule has 4 nitrogen and oxygen atoms in total. The van der Waals surface area contributed by atoms with Crippen LogP contribution in [0.1, 0.15) is 6.92 Å². The zero-order valence-electron chi connectivity index (χ0n) is 9.10. The van der Waals surface area contributed by atoms with Crippen molar-refractivity contribution in [2.45, 2.75) is 11.8 Å². The Morgan fingerprint density at radius 1 is 1.59 bits per heavy atom. The fourth-order valence-corrected chi connectivity index (χ4v) is 1.95. The number of aliphatic imine (C=N–C) groups is 1. The zero-order valence-corrected chi connectivity index (χ0v) is 10.7. The summed E-state index contributed by atoms with van der Waals surface area (Å²) in [7, 11) is 0. The van der Waals surface area contributed by atoms with Crippen LogP contribution in [0.2, 0.25) is 5.02 Å². The van der Waals surface area contributed by atoms with E-state index in [-0.39, 0.29) is 11.7 Å². The van der Waals surface area contributed by atoms with E-state index in [1.54, 1.807) is 25.1 Å². The lowest BCUT2D eigenvalue weighted by molar-refractivity contribution is -0.139. The normalized spacial score (nSPS) is 9.53. The molecule has 0 aliphatic heterocycles. The Bertz CT molecular complexity index is 458. The van der Waals surface area contributed by atoms with E-state index in [2.05, 4.69) is 4.99 Å². The summed E-state index contributed by atoms with van der Waals surface area (Å²) in [5.41, 5.74) is 0.343. The molecule has 0 radical (unpaired) electrons. The molecule has 6 heteroatoms. The molecule has 1 rings (SSSR count). The summed E-state index contributed by atoms with van der Waals surface area (Å²) in [5.74, 6) is -0.0763. The summed E-state index contributed by atoms with van der Waals surface area (Å²) in [5, 5.41) is 0.369. The van der Waals surface area contributed by atoms with E-state index >= 15 is 0 Å². The van der Waals surface area contributed by atoms with Crippen LogP contribution in [0.4, 0.5) is 5.69 Å². The molecule has 0 aliphatic carbocycles. The van der Waals surface area contributed by atoms with E-state index in [1.807, 2.05) is 0 Å². The van der Waals surface area contributed by atoms with Gasteiger partial charge in [-0.3, -0.25) is 4.79 Å². The maximum Gasteiger partial charge on any atom is 0.316 e. The van der Waals surface area contributed by atoms with Crippen molar-refractivity contribution in [3.63, 3.8) is 0 Å². The highest BCUT2D eigenvalue weighted by atomic mass is 35.5. The average molecular weight is 272 g/mol. The molecular formula is C11H10ClNO3S. The fraction of sp³-hybridized carbons (Fsp3) is 0.273. The smallest absolute Gasteiger partial charge is 0.316 e. The number of carbonyl (C=O) groups is 1. The topological polar surface area (TPSA) is 55.7 Å². The molecule has 0 N–H and O–H groups in total. The predicted octanol–water partition coefficient (Wildman–Crippen LogP) is 2.96. The first kappa shape index (κ1) is 13.8. The highest BCUT2D eigenvalue weighted by molar-refractivity contribution is 8.00. The summed E-state index contributed by atoms with van der Waals surface area (Å²) in [6.07, 6.45) is 1.43. The molecule has 0 unspecified atom stereocenters. The predicted molar refractivity (Wildman–Crippen MR) is 66.6 cm³/mol. The van der Waals surface area contributed by atoms with Gasteiger partial charge in [0.1, 0.15) is 0 Å². The Morgan fingerprint density at radius 3 is 3.00 bits per heavy atom. The molecule has 90 valence electrons. The van der Waals surface area contributed by atoms with Crippen molar-refractivity contribution in [3.05, 3.63) is 23.2 Å². The lowest BCUT2D eigenvalue weighted by Crippen LogP contribution is -2.06. The van der Waals surface area contributed by atoms with Gasteiger partial charge in [0.2, 0.25) is 6.08 Å². The van der Waals surface area contributed by atoms with E-state index in [9.17, 15) is 9.59 Å². The van der Waals surface area contributed by atoms with Gasteiger partial charge in [0, 0.05) is 4.90 Å². The Labute approximate surface area is 108 Å². The van der Waals surface area contributed by atoms with Crippen LogP contribution in [-0.4, -0.2) is 24.4 Å². The Kier molecular flexibility index (Phi) is 5.77. The Morgan fingerprint density at radius 2 is 2.35 bits per heavy atom. The van der Waals surface area contributed by atoms with E-state index in [4.69, 9.17) is 16.3 Å². The van der Waals surface area contributed by atoms with Gasteiger partial charge >= 0.3 is 5.97 Å². The monoisotopic (exact) mass is 271 g/mol. The number of hydrogen-bond donors (Lipinski definition) is 0. The molecule has 0 bridgehead atoms. The van der Waals surface area contributed by atoms with Gasteiger partial charge in [-0.05, 0) is 25.1 Å². The molecule has 0 atom stereocenters. The van der Waals surface area contributed by atoms with Gasteiger partial charge in [0.05, 0.1) is 23.1 Å². The van der Waals surface area contributed by atoms with Crippen LogP contribution in [0.15, 0.2) is 28.1 Å². The molecule has 0 amide bonds. The number of thioether (sulfide) groups is 1. The van der Waals surface area contributed by atoms with Crippen LogP contribution < -0.4 is 0 Å². The number of esters is 1. The minimum absolute atomic E-state index is 0.208. The zero-order chi connectivity index (χ0) is 12.7. The van der Waals surface area contributed by atoms with Gasteiger partial charge < -0.3 is 4.74 Å². The molecular weight excluding hydrogens is 262 g/mol. The van der Waals surface area contributed by atoms with Crippen LogP contribution >= 0.6 is 23.4 Å². The van der Waals surface area contributed by atoms with Crippen molar-refractivity contribution >= 4 is 41.1 Å². The van der Waals surface area contributed by atoms with Crippen molar-refractivity contribution in [2.24, 2.45) is 4.99 Å². The highest BCUT2D eigenvalue weighted by Gasteiger charge is 2.05. The van der Waals surface area contributed by atoms with Crippen LogP contribution in [0.25, 0.3) is 0 Å². The van der Waals surface area contributed by atoms with Crippen molar-refractivity contribution in [2.75, 3.05) is 12.4 Å². The van der Waals surface area contributed by atoms with Crippen LogP contribution in [0.5, 0.6) is 0 Å². The standard InChI is InChI=1S/C11H10ClNO3S/c1-2-16-11(15)6-17-8-3-4-9(12)10(5-8)13-7-14/h3-5H,2,6H2,1H3. The van der Waals surface area contributed by atoms with Gasteiger partial charge in [0.15, 0.2) is 0 Å². The molecule has 17 heavy (non-hydrogen) atoms. The first-order chi connectivity index (χ1) is 8.17. The number of rotatable bonds is 5. The minimum atomic E-state index is -0.284. The van der Waals surface area contributed by atoms with Gasteiger partial charge in [0.25, 0.3) is 0 Å². The molecule has 0 heterocycles. The number of isocyanates is 1. The Balaban J connectivity index is 2.69. The maximum atomic E-state index is 11.1. The van der Waals surface area contributed by atoms with Crippen molar-refractivity contribution in [1.82, 2.24) is 0 Å². The molecule has 0 spiro atoms. The number of ether oxygens (including phenoxy) is 1. The average Bonchev–Trinajstić information content (AvgIpc) is 2.31. The van der Waals surface area contributed by atoms with Crippen molar-refractivity contribution in [1.29, 1.82) is 0 Å². The fourth-order valence-electron chi connectivity index (χ4n) is 1.06. The highest BCUT2D eigenvalue weighted by Crippen LogP contribution is 2.30. The van der Waals surface area contributed by atoms with Crippen LogP contribution in [0.3, 0.4) is 0 Å². The van der Waals surface area contributed by atoms with Crippen LogP contribution in [-0.2, 0) is 14.3 Å². The lowest BCUT2D eigenvalue weighted by Gasteiger charge is -2.03. The second-order valence-electron chi connectivity index (χ2n) is 2.91. The summed E-state index contributed by atoms with van der Waals surface area (Å²) in [4.78, 5) is 25.5. The molecule has 0 fully saturated rings. The number of nitrogens with zero attached hydrogens (tertiary/aromatic N) is 1.